The van der Waals surface area contributed by atoms with Crippen LogP contribution in [0.25, 0.3) is 0 Å². The Labute approximate surface area is 111 Å². The lowest BCUT2D eigenvalue weighted by Crippen LogP contribution is -2.29. The van der Waals surface area contributed by atoms with Crippen LogP contribution in [0.3, 0.4) is 0 Å². The minimum Gasteiger partial charge on any atom is -0.482 e. The van der Waals surface area contributed by atoms with Crippen molar-refractivity contribution in [1.82, 2.24) is 15.1 Å². The highest BCUT2D eigenvalue weighted by atomic mass is 16.5. The molecule has 0 bridgehead atoms. The van der Waals surface area contributed by atoms with E-state index in [0.29, 0.717) is 18.0 Å². The van der Waals surface area contributed by atoms with E-state index in [-0.39, 0.29) is 12.5 Å². The van der Waals surface area contributed by atoms with Gasteiger partial charge in [0, 0.05) is 13.2 Å². The number of para-hydroxylation sites is 2. The highest BCUT2D eigenvalue weighted by Crippen LogP contribution is 2.19. The molecule has 0 atom stereocenters. The number of anilines is 1. The van der Waals surface area contributed by atoms with E-state index in [0.717, 1.165) is 5.69 Å². The van der Waals surface area contributed by atoms with Crippen molar-refractivity contribution in [2.45, 2.75) is 6.54 Å². The Morgan fingerprint density at radius 1 is 1.42 bits per heavy atom. The lowest BCUT2D eigenvalue weighted by molar-refractivity contribution is -0.123. The van der Waals surface area contributed by atoms with Crippen LogP contribution in [-0.4, -0.2) is 22.3 Å². The van der Waals surface area contributed by atoms with E-state index in [4.69, 9.17) is 10.5 Å². The number of nitrogen functional groups attached to an aromatic ring is 1. The van der Waals surface area contributed by atoms with Gasteiger partial charge in [-0.3, -0.25) is 9.48 Å². The molecule has 0 saturated carbocycles. The second kappa shape index (κ2) is 5.90. The van der Waals surface area contributed by atoms with Crippen molar-refractivity contribution >= 4 is 11.6 Å². The van der Waals surface area contributed by atoms with E-state index < -0.39 is 0 Å². The van der Waals surface area contributed by atoms with Gasteiger partial charge in [-0.05, 0) is 18.2 Å². The zero-order valence-electron chi connectivity index (χ0n) is 10.7. The van der Waals surface area contributed by atoms with Crippen LogP contribution in [0, 0.1) is 0 Å². The van der Waals surface area contributed by atoms with Crippen LogP contribution < -0.4 is 15.8 Å². The number of rotatable bonds is 5. The topological polar surface area (TPSA) is 82.2 Å². The third-order valence-corrected chi connectivity index (χ3v) is 2.67. The van der Waals surface area contributed by atoms with E-state index in [1.807, 2.05) is 19.2 Å². The molecule has 0 fully saturated rings. The molecule has 0 saturated heterocycles. The van der Waals surface area contributed by atoms with E-state index in [1.54, 1.807) is 29.1 Å². The fraction of sp³-hybridized carbons (Fsp3) is 0.231. The van der Waals surface area contributed by atoms with Gasteiger partial charge in [-0.1, -0.05) is 12.1 Å². The number of hydrogen-bond donors (Lipinski definition) is 2. The summed E-state index contributed by atoms with van der Waals surface area (Å²) in [6.07, 6.45) is 1.68. The number of nitrogens with two attached hydrogens (primary N) is 1. The van der Waals surface area contributed by atoms with Gasteiger partial charge in [0.2, 0.25) is 0 Å². The molecular formula is C13H16N4O2. The molecule has 19 heavy (non-hydrogen) atoms. The molecule has 1 heterocycles. The quantitative estimate of drug-likeness (QED) is 0.775. The molecule has 1 aromatic heterocycles. The minimum atomic E-state index is -0.204. The first-order valence-corrected chi connectivity index (χ1v) is 5.87. The Balaban J connectivity index is 1.79. The first-order chi connectivity index (χ1) is 9.16. The van der Waals surface area contributed by atoms with Crippen LogP contribution in [0.5, 0.6) is 5.75 Å². The molecule has 1 aromatic carbocycles. The second-order valence-electron chi connectivity index (χ2n) is 4.05. The third-order valence-electron chi connectivity index (χ3n) is 2.67. The lowest BCUT2D eigenvalue weighted by atomic mass is 10.3. The van der Waals surface area contributed by atoms with Crippen LogP contribution >= 0.6 is 0 Å². The van der Waals surface area contributed by atoms with Gasteiger partial charge in [0.05, 0.1) is 17.9 Å². The van der Waals surface area contributed by atoms with E-state index >= 15 is 0 Å². The highest BCUT2D eigenvalue weighted by molar-refractivity contribution is 5.77. The molecule has 100 valence electrons. The molecular weight excluding hydrogens is 244 g/mol. The number of carbonyl (C=O) groups excluding carboxylic acids is 1. The maximum absolute atomic E-state index is 11.6. The average Bonchev–Trinajstić information content (AvgIpc) is 2.81. The van der Waals surface area contributed by atoms with Crippen molar-refractivity contribution in [2.24, 2.45) is 7.05 Å². The Morgan fingerprint density at radius 2 is 2.21 bits per heavy atom. The van der Waals surface area contributed by atoms with Crippen LogP contribution in [0.2, 0.25) is 0 Å². The first-order valence-electron chi connectivity index (χ1n) is 5.87. The van der Waals surface area contributed by atoms with Gasteiger partial charge in [-0.2, -0.15) is 5.10 Å². The Hall–Kier alpha value is -2.50. The van der Waals surface area contributed by atoms with Gasteiger partial charge in [0.1, 0.15) is 5.75 Å². The molecule has 0 radical (unpaired) electrons. The minimum absolute atomic E-state index is 0.0634. The van der Waals surface area contributed by atoms with Crippen molar-refractivity contribution in [2.75, 3.05) is 12.3 Å². The first kappa shape index (κ1) is 12.9. The standard InChI is InChI=1S/C13H16N4O2/c1-17-10(6-7-16-17)8-15-13(18)9-19-12-5-3-2-4-11(12)14/h2-7H,8-9,14H2,1H3,(H,15,18). The van der Waals surface area contributed by atoms with Gasteiger partial charge in [0.25, 0.3) is 5.91 Å². The number of amides is 1. The monoisotopic (exact) mass is 260 g/mol. The van der Waals surface area contributed by atoms with Crippen LogP contribution in [0.1, 0.15) is 5.69 Å². The molecule has 2 aromatic rings. The molecule has 6 heteroatoms. The second-order valence-corrected chi connectivity index (χ2v) is 4.05. The SMILES string of the molecule is Cn1nccc1CNC(=O)COc1ccccc1N. The maximum atomic E-state index is 11.6. The Morgan fingerprint density at radius 3 is 2.89 bits per heavy atom. The molecule has 6 nitrogen and oxygen atoms in total. The summed E-state index contributed by atoms with van der Waals surface area (Å²) in [5.41, 5.74) is 7.15. The predicted molar refractivity (Wildman–Crippen MR) is 71.4 cm³/mol. The van der Waals surface area contributed by atoms with Crippen LogP contribution in [0.15, 0.2) is 36.5 Å². The summed E-state index contributed by atoms with van der Waals surface area (Å²) in [7, 11) is 1.82. The number of hydrogen-bond acceptors (Lipinski definition) is 4. The van der Waals surface area contributed by atoms with E-state index in [2.05, 4.69) is 10.4 Å². The van der Waals surface area contributed by atoms with Gasteiger partial charge < -0.3 is 15.8 Å². The summed E-state index contributed by atoms with van der Waals surface area (Å²) < 4.78 is 7.04. The Bertz CT molecular complexity index is 565. The molecule has 0 aliphatic rings. The average molecular weight is 260 g/mol. The normalized spacial score (nSPS) is 10.2. The molecule has 3 N–H and O–H groups in total. The van der Waals surface area contributed by atoms with E-state index in [1.165, 1.54) is 0 Å². The molecule has 1 amide bonds. The van der Waals surface area contributed by atoms with Crippen LogP contribution in [0.4, 0.5) is 5.69 Å². The molecule has 0 aliphatic carbocycles. The zero-order valence-corrected chi connectivity index (χ0v) is 10.7. The summed E-state index contributed by atoms with van der Waals surface area (Å²) in [6, 6.07) is 8.91. The summed E-state index contributed by atoms with van der Waals surface area (Å²) in [5, 5.41) is 6.77. The summed E-state index contributed by atoms with van der Waals surface area (Å²) in [6.45, 7) is 0.356. The summed E-state index contributed by atoms with van der Waals surface area (Å²) in [4.78, 5) is 11.6. The fourth-order valence-electron chi connectivity index (χ4n) is 1.57. The summed E-state index contributed by atoms with van der Waals surface area (Å²) >= 11 is 0. The van der Waals surface area contributed by atoms with Gasteiger partial charge >= 0.3 is 0 Å². The number of aromatic nitrogens is 2. The van der Waals surface area contributed by atoms with Crippen molar-refractivity contribution in [3.8, 4) is 5.75 Å². The van der Waals surface area contributed by atoms with Crippen molar-refractivity contribution in [1.29, 1.82) is 0 Å². The van der Waals surface area contributed by atoms with Gasteiger partial charge in [-0.25, -0.2) is 0 Å². The Kier molecular flexibility index (Phi) is 4.02. The predicted octanol–water partition coefficient (Wildman–Crippen LogP) is 0.697. The zero-order chi connectivity index (χ0) is 13.7. The lowest BCUT2D eigenvalue weighted by Gasteiger charge is -2.09. The number of aryl methyl sites for hydroxylation is 1. The van der Waals surface area contributed by atoms with Crippen molar-refractivity contribution in [3.63, 3.8) is 0 Å². The van der Waals surface area contributed by atoms with Crippen molar-refractivity contribution in [3.05, 3.63) is 42.2 Å². The van der Waals surface area contributed by atoms with E-state index in [9.17, 15) is 4.79 Å². The fourth-order valence-corrected chi connectivity index (χ4v) is 1.57. The number of nitrogens with one attached hydrogen (secondary N) is 1. The number of benzene rings is 1. The van der Waals surface area contributed by atoms with Crippen molar-refractivity contribution < 1.29 is 9.53 Å². The largest absolute Gasteiger partial charge is 0.482 e. The van der Waals surface area contributed by atoms with Crippen LogP contribution in [-0.2, 0) is 18.4 Å². The smallest absolute Gasteiger partial charge is 0.258 e. The number of carbonyl (C=O) groups is 1. The van der Waals surface area contributed by atoms with Gasteiger partial charge in [0.15, 0.2) is 6.61 Å². The third kappa shape index (κ3) is 3.48. The maximum Gasteiger partial charge on any atom is 0.258 e. The number of nitrogens with zero attached hydrogens (tertiary/aromatic N) is 2. The molecule has 0 aliphatic heterocycles. The molecule has 0 unspecified atom stereocenters. The molecule has 2 rings (SSSR count). The number of ether oxygens (including phenoxy) is 1. The highest BCUT2D eigenvalue weighted by Gasteiger charge is 2.06. The molecule has 0 spiro atoms. The summed E-state index contributed by atoms with van der Waals surface area (Å²) in [5.74, 6) is 0.308. The van der Waals surface area contributed by atoms with Gasteiger partial charge in [-0.15, -0.1) is 0 Å².